The van der Waals surface area contributed by atoms with Crippen LogP contribution in [-0.4, -0.2) is 134 Å². The summed E-state index contributed by atoms with van der Waals surface area (Å²) >= 11 is 0. The van der Waals surface area contributed by atoms with Crippen LogP contribution in [0.15, 0.2) is 30.3 Å². The first-order valence-electron chi connectivity index (χ1n) is 17.9. The molecule has 0 bridgehead atoms. The van der Waals surface area contributed by atoms with Gasteiger partial charge in [-0.1, -0.05) is 71.4 Å². The Hall–Kier alpha value is -3.10. The second kappa shape index (κ2) is 21.3. The molecule has 1 aliphatic heterocycles. The van der Waals surface area contributed by atoms with Gasteiger partial charge < -0.3 is 45.4 Å². The molecule has 2 rings (SSSR count). The average molecular weight is 706 g/mol. The molecule has 0 aliphatic carbocycles. The minimum atomic E-state index is -0.856. The lowest BCUT2D eigenvalue weighted by Gasteiger charge is -2.41. The number of aliphatic hydroxyl groups excluding tert-OH is 2. The van der Waals surface area contributed by atoms with Crippen molar-refractivity contribution in [3.8, 4) is 0 Å². The van der Waals surface area contributed by atoms with Crippen molar-refractivity contribution in [2.24, 2.45) is 17.8 Å². The fraction of sp³-hybridized carbons (Fsp3) is 0.730. The standard InChI is InChI=1S/C37H63N5O8/c1-10-24(4)33(41(7)37(48)32(23(2)3)40-36(47)28(22-44)38-6)30(49-8)20-31(45)42-18-14-17-29(42)34(50-9)25(5)35(46)39-27(21-43)19-26-15-12-11-13-16-26/h11-13,15-16,23-25,27-30,32-34,38,43-44H,10,14,17-22H2,1-9H3,(H,39,46)(H,40,47)/t24-,25+,27-,28-,29-,30+,32-,33-,34+/m0/s1. The SMILES string of the molecule is CC[C@H](C)[C@@H]([C@@H](CC(=O)N1CCC[C@H]1[C@H](OC)[C@@H](C)C(=O)N[C@H](CO)Cc1ccccc1)OC)N(C)C(=O)[C@@H](NC(=O)[C@H](CO)NC)C(C)C. The van der Waals surface area contributed by atoms with Crippen LogP contribution in [-0.2, 0) is 35.1 Å². The van der Waals surface area contributed by atoms with E-state index in [4.69, 9.17) is 9.47 Å². The molecule has 13 nitrogen and oxygen atoms in total. The van der Waals surface area contributed by atoms with E-state index in [1.165, 1.54) is 7.11 Å². The number of likely N-dealkylation sites (tertiary alicyclic amines) is 1. The van der Waals surface area contributed by atoms with Gasteiger partial charge in [-0.05, 0) is 43.7 Å². The molecule has 1 aromatic rings. The number of ether oxygens (including phenoxy) is 2. The zero-order valence-electron chi connectivity index (χ0n) is 31.6. The summed E-state index contributed by atoms with van der Waals surface area (Å²) in [6, 6.07) is 6.64. The van der Waals surface area contributed by atoms with Gasteiger partial charge >= 0.3 is 0 Å². The summed E-state index contributed by atoms with van der Waals surface area (Å²) in [6.07, 6.45) is 1.39. The Kier molecular flexibility index (Phi) is 18.4. The largest absolute Gasteiger partial charge is 0.394 e. The van der Waals surface area contributed by atoms with Gasteiger partial charge in [0.05, 0.1) is 55.9 Å². The molecule has 0 aromatic heterocycles. The molecule has 1 saturated heterocycles. The number of nitrogens with one attached hydrogen (secondary N) is 3. The number of carbonyl (C=O) groups is 4. The Morgan fingerprint density at radius 3 is 2.16 bits per heavy atom. The van der Waals surface area contributed by atoms with E-state index in [-0.39, 0.29) is 48.6 Å². The lowest BCUT2D eigenvalue weighted by Crippen LogP contribution is -2.59. The monoisotopic (exact) mass is 705 g/mol. The summed E-state index contributed by atoms with van der Waals surface area (Å²) < 4.78 is 11.8. The number of carbonyl (C=O) groups excluding carboxylic acids is 4. The van der Waals surface area contributed by atoms with Crippen LogP contribution in [0.2, 0.25) is 0 Å². The molecule has 0 saturated carbocycles. The van der Waals surface area contributed by atoms with Crippen LogP contribution in [0.3, 0.4) is 0 Å². The highest BCUT2D eigenvalue weighted by atomic mass is 16.5. The van der Waals surface area contributed by atoms with Gasteiger partial charge in [0.2, 0.25) is 23.6 Å². The predicted octanol–water partition coefficient (Wildman–Crippen LogP) is 1.35. The van der Waals surface area contributed by atoms with Crippen molar-refractivity contribution >= 4 is 23.6 Å². The number of rotatable bonds is 21. The Labute approximate surface area is 298 Å². The van der Waals surface area contributed by atoms with E-state index in [1.807, 2.05) is 58.0 Å². The van der Waals surface area contributed by atoms with Crippen molar-refractivity contribution in [1.82, 2.24) is 25.8 Å². The molecule has 4 amide bonds. The number of hydrogen-bond acceptors (Lipinski definition) is 9. The van der Waals surface area contributed by atoms with Crippen LogP contribution in [0.5, 0.6) is 0 Å². The van der Waals surface area contributed by atoms with Crippen molar-refractivity contribution in [2.75, 3.05) is 48.1 Å². The van der Waals surface area contributed by atoms with E-state index in [1.54, 1.807) is 37.9 Å². The first kappa shape index (κ1) is 43.1. The minimum absolute atomic E-state index is 0.00530. The topological polar surface area (TPSA) is 170 Å². The fourth-order valence-electron chi connectivity index (χ4n) is 6.99. The minimum Gasteiger partial charge on any atom is -0.394 e. The Morgan fingerprint density at radius 1 is 0.980 bits per heavy atom. The number of likely N-dealkylation sites (N-methyl/N-ethyl adjacent to an activating group) is 2. The third-order valence-electron chi connectivity index (χ3n) is 10.2. The van der Waals surface area contributed by atoms with Crippen molar-refractivity contribution in [3.63, 3.8) is 0 Å². The first-order chi connectivity index (χ1) is 23.8. The highest BCUT2D eigenvalue weighted by Crippen LogP contribution is 2.29. The molecular formula is C37H63N5O8. The second-order valence-corrected chi connectivity index (χ2v) is 13.9. The van der Waals surface area contributed by atoms with Gasteiger partial charge in [0, 0.05) is 27.8 Å². The highest BCUT2D eigenvalue weighted by Gasteiger charge is 2.43. The molecule has 0 unspecified atom stereocenters. The van der Waals surface area contributed by atoms with E-state index in [9.17, 15) is 29.4 Å². The lowest BCUT2D eigenvalue weighted by molar-refractivity contribution is -0.147. The molecular weight excluding hydrogens is 642 g/mol. The normalized spacial score (nSPS) is 19.5. The van der Waals surface area contributed by atoms with Crippen LogP contribution >= 0.6 is 0 Å². The van der Waals surface area contributed by atoms with E-state index < -0.39 is 54.8 Å². The van der Waals surface area contributed by atoms with Gasteiger partial charge in [0.1, 0.15) is 12.1 Å². The van der Waals surface area contributed by atoms with Gasteiger partial charge in [-0.3, -0.25) is 19.2 Å². The molecule has 5 N–H and O–H groups in total. The summed E-state index contributed by atoms with van der Waals surface area (Å²) in [7, 11) is 6.32. The molecule has 284 valence electrons. The van der Waals surface area contributed by atoms with Crippen LogP contribution in [0, 0.1) is 17.8 Å². The molecule has 13 heteroatoms. The van der Waals surface area contributed by atoms with Gasteiger partial charge in [0.25, 0.3) is 0 Å². The lowest BCUT2D eigenvalue weighted by atomic mass is 9.89. The van der Waals surface area contributed by atoms with Gasteiger partial charge in [-0.2, -0.15) is 0 Å². The zero-order chi connectivity index (χ0) is 37.5. The van der Waals surface area contributed by atoms with Crippen molar-refractivity contribution < 1.29 is 38.9 Å². The Bertz CT molecular complexity index is 1200. The number of methoxy groups -OCH3 is 2. The Balaban J connectivity index is 2.23. The maximum absolute atomic E-state index is 14.1. The van der Waals surface area contributed by atoms with Crippen molar-refractivity contribution in [2.45, 2.75) is 109 Å². The quantitative estimate of drug-likeness (QED) is 0.127. The molecule has 1 heterocycles. The van der Waals surface area contributed by atoms with Crippen LogP contribution in [0.4, 0.5) is 0 Å². The van der Waals surface area contributed by atoms with E-state index in [0.717, 1.165) is 12.0 Å². The third-order valence-corrected chi connectivity index (χ3v) is 10.2. The van der Waals surface area contributed by atoms with Crippen LogP contribution in [0.25, 0.3) is 0 Å². The number of aliphatic hydroxyl groups is 2. The number of benzene rings is 1. The molecule has 9 atom stereocenters. The molecule has 1 aliphatic rings. The number of amides is 4. The molecule has 0 radical (unpaired) electrons. The maximum atomic E-state index is 14.1. The summed E-state index contributed by atoms with van der Waals surface area (Å²) in [4.78, 5) is 57.6. The van der Waals surface area contributed by atoms with E-state index in [2.05, 4.69) is 16.0 Å². The first-order valence-corrected chi connectivity index (χ1v) is 17.9. The summed E-state index contributed by atoms with van der Waals surface area (Å²) in [5.41, 5.74) is 1.000. The second-order valence-electron chi connectivity index (χ2n) is 13.9. The van der Waals surface area contributed by atoms with Gasteiger partial charge in [-0.15, -0.1) is 0 Å². The summed E-state index contributed by atoms with van der Waals surface area (Å²) in [5, 5.41) is 28.1. The number of nitrogens with zero attached hydrogens (tertiary/aromatic N) is 2. The molecule has 50 heavy (non-hydrogen) atoms. The summed E-state index contributed by atoms with van der Waals surface area (Å²) in [5.74, 6) is -2.10. The number of hydrogen-bond donors (Lipinski definition) is 5. The maximum Gasteiger partial charge on any atom is 0.245 e. The zero-order valence-corrected chi connectivity index (χ0v) is 31.6. The van der Waals surface area contributed by atoms with E-state index >= 15 is 0 Å². The smallest absolute Gasteiger partial charge is 0.245 e. The van der Waals surface area contributed by atoms with E-state index in [0.29, 0.717) is 25.8 Å². The van der Waals surface area contributed by atoms with Crippen LogP contribution < -0.4 is 16.0 Å². The van der Waals surface area contributed by atoms with Crippen LogP contribution in [0.1, 0.15) is 65.9 Å². The molecule has 1 aromatic carbocycles. The highest BCUT2D eigenvalue weighted by molar-refractivity contribution is 5.90. The van der Waals surface area contributed by atoms with Crippen molar-refractivity contribution in [3.05, 3.63) is 35.9 Å². The third kappa shape index (κ3) is 11.5. The predicted molar refractivity (Wildman–Crippen MR) is 192 cm³/mol. The van der Waals surface area contributed by atoms with Gasteiger partial charge in [-0.25, -0.2) is 0 Å². The van der Waals surface area contributed by atoms with Gasteiger partial charge in [0.15, 0.2) is 0 Å². The van der Waals surface area contributed by atoms with Crippen molar-refractivity contribution in [1.29, 1.82) is 0 Å². The molecule has 1 fully saturated rings. The average Bonchev–Trinajstić information content (AvgIpc) is 3.60. The summed E-state index contributed by atoms with van der Waals surface area (Å²) in [6.45, 7) is 9.36. The fourth-order valence-corrected chi connectivity index (χ4v) is 6.99. The molecule has 0 spiro atoms. The Morgan fingerprint density at radius 2 is 1.64 bits per heavy atom.